The second-order valence-electron chi connectivity index (χ2n) is 6.84. The molecule has 27 heavy (non-hydrogen) atoms. The fraction of sp³-hybridized carbons (Fsp3) is 0.474. The summed E-state index contributed by atoms with van der Waals surface area (Å²) in [6.45, 7) is 3.86. The maximum Gasteiger partial charge on any atom is 0.234 e. The van der Waals surface area contributed by atoms with Crippen LogP contribution in [0.15, 0.2) is 28.6 Å². The summed E-state index contributed by atoms with van der Waals surface area (Å²) in [6.07, 6.45) is 4.55. The third-order valence-electron chi connectivity index (χ3n) is 4.80. The quantitative estimate of drug-likeness (QED) is 0.558. The molecule has 1 N–H and O–H groups in total. The zero-order valence-electron chi connectivity index (χ0n) is 15.4. The van der Waals surface area contributed by atoms with E-state index in [-0.39, 0.29) is 11.2 Å². The summed E-state index contributed by atoms with van der Waals surface area (Å²) in [5, 5.41) is 16.8. The van der Waals surface area contributed by atoms with E-state index in [1.165, 1.54) is 23.1 Å². The Morgan fingerprint density at radius 1 is 1.41 bits per heavy atom. The normalized spacial score (nSPS) is 17.1. The largest absolute Gasteiger partial charge is 0.337 e. The lowest BCUT2D eigenvalue weighted by Crippen LogP contribution is -2.50. The predicted octanol–water partition coefficient (Wildman–Crippen LogP) is 4.79. The van der Waals surface area contributed by atoms with Crippen LogP contribution in [0.4, 0.5) is 0 Å². The Hall–Kier alpha value is -1.69. The highest BCUT2D eigenvalue weighted by Gasteiger charge is 2.35. The zero-order chi connectivity index (χ0) is 19.4. The minimum atomic E-state index is -0.711. The van der Waals surface area contributed by atoms with Crippen molar-refractivity contribution in [2.45, 2.75) is 61.1 Å². The molecule has 2 aromatic rings. The minimum absolute atomic E-state index is 0.119. The van der Waals surface area contributed by atoms with Gasteiger partial charge in [0.15, 0.2) is 8.29 Å². The van der Waals surface area contributed by atoms with Crippen molar-refractivity contribution in [2.24, 2.45) is 0 Å². The first-order chi connectivity index (χ1) is 12.9. The lowest BCUT2D eigenvalue weighted by molar-refractivity contribution is -0.121. The maximum absolute atomic E-state index is 12.7. The number of para-hydroxylation sites is 1. The van der Waals surface area contributed by atoms with Crippen LogP contribution in [0.3, 0.4) is 0 Å². The average Bonchev–Trinajstić information content (AvgIpc) is 3.02. The molecule has 0 bridgehead atoms. The first kappa shape index (κ1) is 20.1. The Morgan fingerprint density at radius 2 is 2.11 bits per heavy atom. The number of aryl methyl sites for hydroxylation is 1. The average molecular weight is 419 g/mol. The number of nitriles is 1. The van der Waals surface area contributed by atoms with Gasteiger partial charge in [-0.25, -0.2) is 4.68 Å². The molecule has 5 nitrogen and oxygen atoms in total. The van der Waals surface area contributed by atoms with E-state index in [1.54, 1.807) is 4.68 Å². The molecule has 1 fully saturated rings. The fourth-order valence-electron chi connectivity index (χ4n) is 3.22. The van der Waals surface area contributed by atoms with Crippen molar-refractivity contribution in [3.8, 4) is 11.8 Å². The smallest absolute Gasteiger partial charge is 0.234 e. The molecule has 1 aliphatic carbocycles. The number of nitrogens with one attached hydrogen (secondary N) is 1. The molecular weight excluding hydrogens is 396 g/mol. The van der Waals surface area contributed by atoms with Gasteiger partial charge in [-0.2, -0.15) is 5.26 Å². The molecule has 3 rings (SSSR count). The Labute approximate surface area is 172 Å². The van der Waals surface area contributed by atoms with E-state index >= 15 is 0 Å². The monoisotopic (exact) mass is 418 g/mol. The molecule has 0 spiro atoms. The molecule has 1 aromatic carbocycles. The van der Waals surface area contributed by atoms with Crippen molar-refractivity contribution < 1.29 is 4.79 Å². The zero-order valence-corrected chi connectivity index (χ0v) is 17.8. The lowest BCUT2D eigenvalue weighted by atomic mass is 9.83. The van der Waals surface area contributed by atoms with Crippen molar-refractivity contribution in [2.75, 3.05) is 0 Å². The number of nitrogens with zero attached hydrogens (tertiary/aromatic N) is 3. The van der Waals surface area contributed by atoms with Gasteiger partial charge in [-0.3, -0.25) is 4.79 Å². The van der Waals surface area contributed by atoms with Gasteiger partial charge in [-0.05, 0) is 50.5 Å². The Kier molecular flexibility index (Phi) is 6.35. The second-order valence-corrected chi connectivity index (χ2v) is 10.0. The molecule has 1 saturated carbocycles. The molecule has 1 amide bonds. The molecular formula is C19H22N4OS3. The van der Waals surface area contributed by atoms with Crippen LogP contribution in [-0.2, 0) is 4.79 Å². The molecule has 142 valence electrons. The van der Waals surface area contributed by atoms with Crippen LogP contribution >= 0.6 is 35.3 Å². The van der Waals surface area contributed by atoms with E-state index in [1.807, 2.05) is 38.1 Å². The van der Waals surface area contributed by atoms with Gasteiger partial charge < -0.3 is 5.32 Å². The topological polar surface area (TPSA) is 70.7 Å². The highest BCUT2D eigenvalue weighted by Crippen LogP contribution is 2.31. The minimum Gasteiger partial charge on any atom is -0.337 e. The summed E-state index contributed by atoms with van der Waals surface area (Å²) >= 11 is 8.24. The lowest BCUT2D eigenvalue weighted by Gasteiger charge is -2.32. The van der Waals surface area contributed by atoms with Gasteiger partial charge in [0.1, 0.15) is 5.54 Å². The summed E-state index contributed by atoms with van der Waals surface area (Å²) in [7, 11) is 0. The predicted molar refractivity (Wildman–Crippen MR) is 112 cm³/mol. The van der Waals surface area contributed by atoms with Gasteiger partial charge in [0.2, 0.25) is 5.91 Å². The van der Waals surface area contributed by atoms with Crippen molar-refractivity contribution >= 4 is 41.2 Å². The highest BCUT2D eigenvalue weighted by atomic mass is 32.2. The molecule has 1 aliphatic rings. The summed E-state index contributed by atoms with van der Waals surface area (Å²) in [6, 6.07) is 10.3. The van der Waals surface area contributed by atoms with E-state index in [0.29, 0.717) is 3.95 Å². The number of aromatic nitrogens is 2. The first-order valence-electron chi connectivity index (χ1n) is 9.00. The van der Waals surface area contributed by atoms with Gasteiger partial charge in [0.25, 0.3) is 0 Å². The summed E-state index contributed by atoms with van der Waals surface area (Å²) < 4.78 is 3.15. The molecule has 1 atom stereocenters. The standard InChI is InChI=1S/C19H22N4OS3/c1-13-8-4-5-9-15(13)23-18(25)27-17(22-23)26-14(2)16(24)21-19(12-20)10-6-3-7-11-19/h4-5,8-9,14H,3,6-7,10-11H2,1-2H3,(H,21,24)/t14-/m0/s1. The van der Waals surface area contributed by atoms with Crippen LogP contribution in [-0.4, -0.2) is 26.5 Å². The number of carbonyl (C=O) groups excluding carboxylic acids is 1. The molecule has 0 saturated heterocycles. The number of thioether (sulfide) groups is 1. The molecule has 1 heterocycles. The van der Waals surface area contributed by atoms with E-state index < -0.39 is 5.54 Å². The van der Waals surface area contributed by atoms with Gasteiger partial charge >= 0.3 is 0 Å². The van der Waals surface area contributed by atoms with Crippen LogP contribution < -0.4 is 5.32 Å². The van der Waals surface area contributed by atoms with Crippen LogP contribution in [0.2, 0.25) is 0 Å². The van der Waals surface area contributed by atoms with Crippen LogP contribution in [0.25, 0.3) is 5.69 Å². The van der Waals surface area contributed by atoms with E-state index in [9.17, 15) is 10.1 Å². The van der Waals surface area contributed by atoms with E-state index in [0.717, 1.165) is 47.7 Å². The third kappa shape index (κ3) is 4.60. The molecule has 1 aromatic heterocycles. The molecule has 0 unspecified atom stereocenters. The Balaban J connectivity index is 1.71. The Morgan fingerprint density at radius 3 is 2.78 bits per heavy atom. The Bertz CT molecular complexity index is 922. The summed E-state index contributed by atoms with van der Waals surface area (Å²) in [5.41, 5.74) is 1.33. The van der Waals surface area contributed by atoms with E-state index in [4.69, 9.17) is 12.2 Å². The first-order valence-corrected chi connectivity index (χ1v) is 11.1. The van der Waals surface area contributed by atoms with Crippen molar-refractivity contribution in [3.05, 3.63) is 33.8 Å². The third-order valence-corrected chi connectivity index (χ3v) is 7.22. The van der Waals surface area contributed by atoms with Crippen LogP contribution in [0.5, 0.6) is 0 Å². The van der Waals surface area contributed by atoms with Gasteiger partial charge in [0.05, 0.1) is 17.0 Å². The second kappa shape index (κ2) is 8.55. The van der Waals surface area contributed by atoms with Gasteiger partial charge in [-0.1, -0.05) is 60.6 Å². The van der Waals surface area contributed by atoms with Crippen molar-refractivity contribution in [1.82, 2.24) is 15.1 Å². The molecule has 0 radical (unpaired) electrons. The van der Waals surface area contributed by atoms with Gasteiger partial charge in [-0.15, -0.1) is 5.10 Å². The number of amides is 1. The highest BCUT2D eigenvalue weighted by molar-refractivity contribution is 8.02. The number of benzene rings is 1. The fourth-order valence-corrected chi connectivity index (χ4v) is 5.72. The summed E-state index contributed by atoms with van der Waals surface area (Å²) in [5.74, 6) is -0.119. The van der Waals surface area contributed by atoms with Crippen molar-refractivity contribution in [3.63, 3.8) is 0 Å². The van der Waals surface area contributed by atoms with E-state index in [2.05, 4.69) is 16.5 Å². The van der Waals surface area contributed by atoms with Crippen molar-refractivity contribution in [1.29, 1.82) is 5.26 Å². The number of carbonyl (C=O) groups is 1. The summed E-state index contributed by atoms with van der Waals surface area (Å²) in [4.78, 5) is 12.7. The number of hydrogen-bond acceptors (Lipinski definition) is 6. The maximum atomic E-state index is 12.7. The SMILES string of the molecule is Cc1ccccc1-n1nc(S[C@@H](C)C(=O)NC2(C#N)CCCCC2)sc1=S. The number of hydrogen-bond donors (Lipinski definition) is 1. The van der Waals surface area contributed by atoms with Crippen LogP contribution in [0, 0.1) is 22.2 Å². The molecule has 8 heteroatoms. The van der Waals surface area contributed by atoms with Gasteiger partial charge in [0, 0.05) is 0 Å². The van der Waals surface area contributed by atoms with Crippen LogP contribution in [0.1, 0.15) is 44.6 Å². The molecule has 0 aliphatic heterocycles. The number of rotatable bonds is 5.